The van der Waals surface area contributed by atoms with Crippen LogP contribution in [0.2, 0.25) is 0 Å². The molecule has 4 rings (SSSR count). The third kappa shape index (κ3) is 5.27. The van der Waals surface area contributed by atoms with Crippen LogP contribution in [0.15, 0.2) is 29.4 Å². The molecule has 3 heterocycles. The molecule has 1 atom stereocenters. The van der Waals surface area contributed by atoms with Crippen LogP contribution in [-0.2, 0) is 29.1 Å². The minimum Gasteiger partial charge on any atom is -0.495 e. The molecule has 13 heteroatoms. The second-order valence-corrected chi connectivity index (χ2v) is 10.6. The van der Waals surface area contributed by atoms with Gasteiger partial charge >= 0.3 is 0 Å². The van der Waals surface area contributed by atoms with Crippen LogP contribution in [0, 0.1) is 5.92 Å². The normalized spacial score (nSPS) is 17.4. The molecule has 0 bridgehead atoms. The van der Waals surface area contributed by atoms with Gasteiger partial charge in [0.25, 0.3) is 0 Å². The number of aromatic nitrogens is 6. The monoisotopic (exact) mass is 476 g/mol. The van der Waals surface area contributed by atoms with E-state index in [1.54, 1.807) is 7.11 Å². The molecule has 0 radical (unpaired) electrons. The zero-order valence-corrected chi connectivity index (χ0v) is 19.4. The number of sulfone groups is 1. The lowest BCUT2D eigenvalue weighted by Crippen LogP contribution is -2.11. The Morgan fingerprint density at radius 1 is 1.25 bits per heavy atom. The molecule has 0 aliphatic carbocycles. The number of nitrogens with zero attached hydrogens (tertiary/aromatic N) is 6. The number of benzene rings is 1. The zero-order valence-electron chi connectivity index (χ0n) is 17.7. The fraction of sp³-hybridized carbons (Fsp3) is 0.421. The van der Waals surface area contributed by atoms with Gasteiger partial charge in [0.15, 0.2) is 15.0 Å². The lowest BCUT2D eigenvalue weighted by molar-refractivity contribution is 0.417. The highest BCUT2D eigenvalue weighted by atomic mass is 32.2. The largest absolute Gasteiger partial charge is 0.495 e. The molecule has 0 saturated carbocycles. The summed E-state index contributed by atoms with van der Waals surface area (Å²) in [7, 11) is 0.547. The number of thioether (sulfide) groups is 1. The van der Waals surface area contributed by atoms with Crippen molar-refractivity contribution in [3.8, 4) is 5.75 Å². The molecule has 0 unspecified atom stereocenters. The summed E-state index contributed by atoms with van der Waals surface area (Å²) in [4.78, 5) is 12.8. The third-order valence-electron chi connectivity index (χ3n) is 5.11. The summed E-state index contributed by atoms with van der Waals surface area (Å²) in [6, 6.07) is 7.42. The van der Waals surface area contributed by atoms with Crippen molar-refractivity contribution >= 4 is 39.2 Å². The molecule has 0 amide bonds. The summed E-state index contributed by atoms with van der Waals surface area (Å²) >= 11 is 1.42. The van der Waals surface area contributed by atoms with Gasteiger partial charge in [-0.2, -0.15) is 15.0 Å². The SMILES string of the molecule is COc1ccccc1Nc1nc(N)nc(CSc2nnc(C[C@H]3CCS(=O)(=O)C3)n2C)n1. The van der Waals surface area contributed by atoms with E-state index < -0.39 is 9.84 Å². The molecule has 1 aliphatic heterocycles. The van der Waals surface area contributed by atoms with Crippen molar-refractivity contribution in [1.29, 1.82) is 0 Å². The minimum atomic E-state index is -2.91. The first-order valence-corrected chi connectivity index (χ1v) is 12.8. The highest BCUT2D eigenvalue weighted by Crippen LogP contribution is 2.27. The first kappa shape index (κ1) is 22.3. The minimum absolute atomic E-state index is 0.0905. The van der Waals surface area contributed by atoms with Gasteiger partial charge < -0.3 is 20.4 Å². The van der Waals surface area contributed by atoms with Crippen LogP contribution < -0.4 is 15.8 Å². The highest BCUT2D eigenvalue weighted by Gasteiger charge is 2.29. The van der Waals surface area contributed by atoms with Crippen LogP contribution in [0.1, 0.15) is 18.1 Å². The van der Waals surface area contributed by atoms with Gasteiger partial charge in [-0.1, -0.05) is 23.9 Å². The molecule has 3 N–H and O–H groups in total. The van der Waals surface area contributed by atoms with Crippen LogP contribution in [-0.4, -0.2) is 56.7 Å². The number of anilines is 3. The van der Waals surface area contributed by atoms with Gasteiger partial charge in [-0.25, -0.2) is 8.42 Å². The Morgan fingerprint density at radius 2 is 2.06 bits per heavy atom. The van der Waals surface area contributed by atoms with E-state index in [2.05, 4.69) is 30.5 Å². The summed E-state index contributed by atoms with van der Waals surface area (Å²) in [6.45, 7) is 0. The first-order chi connectivity index (χ1) is 15.3. The summed E-state index contributed by atoms with van der Waals surface area (Å²) in [5, 5.41) is 12.3. The van der Waals surface area contributed by atoms with E-state index in [0.717, 1.165) is 5.82 Å². The zero-order chi connectivity index (χ0) is 22.7. The van der Waals surface area contributed by atoms with Gasteiger partial charge in [0.05, 0.1) is 30.1 Å². The van der Waals surface area contributed by atoms with Crippen molar-refractivity contribution in [2.75, 3.05) is 29.7 Å². The van der Waals surface area contributed by atoms with Gasteiger partial charge in [-0.05, 0) is 24.5 Å². The van der Waals surface area contributed by atoms with E-state index in [1.807, 2.05) is 35.9 Å². The van der Waals surface area contributed by atoms with Gasteiger partial charge in [0.2, 0.25) is 11.9 Å². The molecule has 2 aromatic heterocycles. The predicted octanol–water partition coefficient (Wildman–Crippen LogP) is 1.60. The van der Waals surface area contributed by atoms with Crippen molar-refractivity contribution in [3.05, 3.63) is 35.9 Å². The van der Waals surface area contributed by atoms with E-state index in [9.17, 15) is 8.42 Å². The predicted molar refractivity (Wildman–Crippen MR) is 122 cm³/mol. The number of nitrogens with one attached hydrogen (secondary N) is 1. The average Bonchev–Trinajstić information content (AvgIpc) is 3.28. The van der Waals surface area contributed by atoms with Crippen LogP contribution in [0.3, 0.4) is 0 Å². The number of nitrogen functional groups attached to an aromatic ring is 1. The van der Waals surface area contributed by atoms with Gasteiger partial charge in [0.1, 0.15) is 17.4 Å². The average molecular weight is 477 g/mol. The molecule has 1 aromatic carbocycles. The van der Waals surface area contributed by atoms with E-state index in [4.69, 9.17) is 10.5 Å². The Kier molecular flexibility index (Phi) is 6.46. The van der Waals surface area contributed by atoms with E-state index in [1.165, 1.54) is 11.8 Å². The Balaban J connectivity index is 1.42. The maximum atomic E-state index is 11.7. The molecule has 1 saturated heterocycles. The second-order valence-electron chi connectivity index (χ2n) is 7.48. The van der Waals surface area contributed by atoms with Crippen LogP contribution in [0.5, 0.6) is 5.75 Å². The Labute approximate surface area is 190 Å². The molecule has 1 fully saturated rings. The van der Waals surface area contributed by atoms with E-state index in [0.29, 0.717) is 47.0 Å². The molecule has 170 valence electrons. The topological polar surface area (TPSA) is 151 Å². The Morgan fingerprint density at radius 3 is 2.81 bits per heavy atom. The van der Waals surface area contributed by atoms with Gasteiger partial charge in [-0.15, -0.1) is 10.2 Å². The second kappa shape index (κ2) is 9.28. The lowest BCUT2D eigenvalue weighted by atomic mass is 10.1. The summed E-state index contributed by atoms with van der Waals surface area (Å²) < 4.78 is 30.6. The molecule has 32 heavy (non-hydrogen) atoms. The number of hydrogen-bond acceptors (Lipinski definition) is 11. The maximum absolute atomic E-state index is 11.7. The summed E-state index contributed by atoms with van der Waals surface area (Å²) in [5.41, 5.74) is 6.59. The summed E-state index contributed by atoms with van der Waals surface area (Å²) in [5.74, 6) is 3.31. The molecular formula is C19H24N8O3S2. The van der Waals surface area contributed by atoms with Crippen molar-refractivity contribution < 1.29 is 13.2 Å². The lowest BCUT2D eigenvalue weighted by Gasteiger charge is -2.10. The number of rotatable bonds is 8. The van der Waals surface area contributed by atoms with Crippen LogP contribution >= 0.6 is 11.8 Å². The van der Waals surface area contributed by atoms with E-state index in [-0.39, 0.29) is 23.4 Å². The number of nitrogens with two attached hydrogens (primary N) is 1. The van der Waals surface area contributed by atoms with Crippen molar-refractivity contribution in [3.63, 3.8) is 0 Å². The van der Waals surface area contributed by atoms with Crippen LogP contribution in [0.25, 0.3) is 0 Å². The Hall–Kier alpha value is -2.93. The fourth-order valence-corrected chi connectivity index (χ4v) is 6.14. The number of para-hydroxylation sites is 2. The number of hydrogen-bond donors (Lipinski definition) is 2. The third-order valence-corrected chi connectivity index (χ3v) is 7.96. The van der Waals surface area contributed by atoms with Crippen molar-refractivity contribution in [2.24, 2.45) is 13.0 Å². The van der Waals surface area contributed by atoms with Gasteiger partial charge in [-0.3, -0.25) is 0 Å². The smallest absolute Gasteiger partial charge is 0.232 e. The van der Waals surface area contributed by atoms with Gasteiger partial charge in [0, 0.05) is 13.5 Å². The molecule has 3 aromatic rings. The van der Waals surface area contributed by atoms with Crippen molar-refractivity contribution in [1.82, 2.24) is 29.7 Å². The molecule has 0 spiro atoms. The molecule has 11 nitrogen and oxygen atoms in total. The molecule has 1 aliphatic rings. The van der Waals surface area contributed by atoms with Crippen molar-refractivity contribution in [2.45, 2.75) is 23.8 Å². The number of methoxy groups -OCH3 is 1. The Bertz CT molecular complexity index is 1220. The van der Waals surface area contributed by atoms with Crippen LogP contribution in [0.4, 0.5) is 17.6 Å². The molecular weight excluding hydrogens is 452 g/mol. The quantitative estimate of drug-likeness (QED) is 0.456. The summed E-state index contributed by atoms with van der Waals surface area (Å²) in [6.07, 6.45) is 1.26. The number of ether oxygens (including phenoxy) is 1. The standard InChI is InChI=1S/C19H24N8O3S2/c1-27-16(9-12-7-8-32(28,29)11-12)25-26-19(27)31-10-15-22-17(20)24-18(23-15)21-13-5-3-4-6-14(13)30-2/h3-6,12H,7-11H2,1-2H3,(H3,20,21,22,23,24)/t12-/m1/s1. The maximum Gasteiger partial charge on any atom is 0.232 e. The fourth-order valence-electron chi connectivity index (χ4n) is 3.50. The highest BCUT2D eigenvalue weighted by molar-refractivity contribution is 7.98. The first-order valence-electron chi connectivity index (χ1n) is 9.95. The van der Waals surface area contributed by atoms with E-state index >= 15 is 0 Å².